The Morgan fingerprint density at radius 3 is 2.26 bits per heavy atom. The van der Waals surface area contributed by atoms with Crippen LogP contribution in [0.15, 0.2) is 70.6 Å². The highest BCUT2D eigenvalue weighted by atomic mass is 79.9. The van der Waals surface area contributed by atoms with Crippen LogP contribution in [0, 0.1) is 0 Å². The first kappa shape index (κ1) is 16.0. The molecule has 0 aliphatic carbocycles. The van der Waals surface area contributed by atoms with Gasteiger partial charge in [-0.25, -0.2) is 8.42 Å². The van der Waals surface area contributed by atoms with Gasteiger partial charge in [0.25, 0.3) is 5.91 Å². The zero-order valence-corrected chi connectivity index (χ0v) is 14.5. The van der Waals surface area contributed by atoms with Crippen molar-refractivity contribution < 1.29 is 13.2 Å². The van der Waals surface area contributed by atoms with Crippen molar-refractivity contribution in [2.75, 3.05) is 10.7 Å². The smallest absolute Gasteiger partial charge is 0.258 e. The second-order valence-corrected chi connectivity index (χ2v) is 8.09. The lowest BCUT2D eigenvalue weighted by Gasteiger charge is -2.28. The van der Waals surface area contributed by atoms with Crippen LogP contribution in [0.2, 0.25) is 0 Å². The van der Waals surface area contributed by atoms with Crippen molar-refractivity contribution in [3.05, 3.63) is 76.1 Å². The van der Waals surface area contributed by atoms with E-state index in [1.807, 2.05) is 18.2 Å². The van der Waals surface area contributed by atoms with Crippen LogP contribution in [0.5, 0.6) is 0 Å². The largest absolute Gasteiger partial charge is 0.300 e. The third kappa shape index (κ3) is 3.54. The molecule has 1 heterocycles. The molecule has 0 bridgehead atoms. The summed E-state index contributed by atoms with van der Waals surface area (Å²) in [6.07, 6.45) is 1.57. The average Bonchev–Trinajstić information content (AvgIpc) is 2.90. The number of anilines is 1. The molecule has 1 unspecified atom stereocenters. The van der Waals surface area contributed by atoms with Crippen molar-refractivity contribution in [2.45, 2.75) is 6.04 Å². The third-order valence-corrected chi connectivity index (χ3v) is 5.49. The number of benzene rings is 2. The Balaban J connectivity index is 2.02. The fraction of sp³-hybridized carbons (Fsp3) is 0.118. The molecule has 23 heavy (non-hydrogen) atoms. The summed E-state index contributed by atoms with van der Waals surface area (Å²) in [6, 6.07) is 15.6. The van der Waals surface area contributed by atoms with Gasteiger partial charge in [0.2, 0.25) is 0 Å². The molecule has 2 aromatic rings. The lowest BCUT2D eigenvalue weighted by molar-refractivity contribution is 0.0983. The van der Waals surface area contributed by atoms with Crippen LogP contribution < -0.4 is 4.90 Å². The van der Waals surface area contributed by atoms with Crippen LogP contribution in [0.25, 0.3) is 0 Å². The van der Waals surface area contributed by atoms with E-state index in [1.165, 1.54) is 10.3 Å². The fourth-order valence-electron chi connectivity index (χ4n) is 2.50. The molecule has 1 aliphatic heterocycles. The highest BCUT2D eigenvalue weighted by Gasteiger charge is 2.31. The van der Waals surface area contributed by atoms with Crippen molar-refractivity contribution in [1.29, 1.82) is 0 Å². The Hall–Kier alpha value is -1.92. The average molecular weight is 392 g/mol. The van der Waals surface area contributed by atoms with Crippen LogP contribution in [-0.4, -0.2) is 26.1 Å². The van der Waals surface area contributed by atoms with Gasteiger partial charge in [-0.3, -0.25) is 4.79 Å². The van der Waals surface area contributed by atoms with Gasteiger partial charge in [-0.2, -0.15) is 0 Å². The molecule has 0 spiro atoms. The second kappa shape index (κ2) is 6.29. The Kier molecular flexibility index (Phi) is 4.37. The first-order valence-electron chi connectivity index (χ1n) is 7.01. The summed E-state index contributed by atoms with van der Waals surface area (Å²) in [5.41, 5.74) is 1.18. The molecule has 0 aromatic heterocycles. The molecule has 0 saturated carbocycles. The molecule has 118 valence electrons. The number of hydrogen-bond donors (Lipinski definition) is 0. The monoisotopic (exact) mass is 391 g/mol. The predicted octanol–water partition coefficient (Wildman–Crippen LogP) is 3.41. The molecule has 6 heteroatoms. The van der Waals surface area contributed by atoms with Crippen LogP contribution in [0.4, 0.5) is 5.69 Å². The van der Waals surface area contributed by atoms with Gasteiger partial charge in [0, 0.05) is 21.1 Å². The van der Waals surface area contributed by atoms with Crippen LogP contribution in [0.1, 0.15) is 10.4 Å². The Labute approximate surface area is 143 Å². The minimum Gasteiger partial charge on any atom is -0.300 e. The first-order chi connectivity index (χ1) is 11.0. The molecule has 3 rings (SSSR count). The number of hydrogen-bond acceptors (Lipinski definition) is 3. The number of carbonyl (C=O) groups is 1. The molecule has 0 fully saturated rings. The van der Waals surface area contributed by atoms with E-state index in [2.05, 4.69) is 15.9 Å². The van der Waals surface area contributed by atoms with Crippen LogP contribution >= 0.6 is 15.9 Å². The maximum absolute atomic E-state index is 12.9. The standard InChI is InChI=1S/C17H14BrNO3S/c18-14-6-8-15(9-7-14)19(16-10-11-23(21,22)12-16)17(20)13-4-2-1-3-5-13/h1-11,16H,12H2. The highest BCUT2D eigenvalue weighted by Crippen LogP contribution is 2.26. The summed E-state index contributed by atoms with van der Waals surface area (Å²) in [5.74, 6) is -0.318. The van der Waals surface area contributed by atoms with Gasteiger partial charge in [-0.1, -0.05) is 34.1 Å². The molecule has 1 atom stereocenters. The van der Waals surface area contributed by atoms with Crippen LogP contribution in [0.3, 0.4) is 0 Å². The summed E-state index contributed by atoms with van der Waals surface area (Å²) >= 11 is 3.36. The molecule has 1 amide bonds. The molecular weight excluding hydrogens is 378 g/mol. The summed E-state index contributed by atoms with van der Waals surface area (Å²) in [7, 11) is -3.26. The SMILES string of the molecule is O=C(c1ccccc1)N(c1ccc(Br)cc1)C1C=CS(=O)(=O)C1. The van der Waals surface area contributed by atoms with E-state index in [4.69, 9.17) is 0 Å². The normalized spacial score (nSPS) is 18.7. The topological polar surface area (TPSA) is 54.5 Å². The Morgan fingerprint density at radius 1 is 1.04 bits per heavy atom. The third-order valence-electron chi connectivity index (χ3n) is 3.59. The number of sulfone groups is 1. The highest BCUT2D eigenvalue weighted by molar-refractivity contribution is 9.10. The number of rotatable bonds is 3. The zero-order chi connectivity index (χ0) is 16.4. The molecule has 1 aliphatic rings. The number of carbonyl (C=O) groups excluding carboxylic acids is 1. The van der Waals surface area contributed by atoms with Gasteiger partial charge >= 0.3 is 0 Å². The Bertz CT molecular complexity index is 845. The molecule has 0 saturated heterocycles. The molecular formula is C17H14BrNO3S. The summed E-state index contributed by atoms with van der Waals surface area (Å²) in [4.78, 5) is 14.4. The van der Waals surface area contributed by atoms with Gasteiger partial charge < -0.3 is 4.90 Å². The maximum Gasteiger partial charge on any atom is 0.258 e. The summed E-state index contributed by atoms with van der Waals surface area (Å²) in [6.45, 7) is 0. The number of halogens is 1. The van der Waals surface area contributed by atoms with Gasteiger partial charge in [-0.15, -0.1) is 0 Å². The maximum atomic E-state index is 12.9. The second-order valence-electron chi connectivity index (χ2n) is 5.24. The van der Waals surface area contributed by atoms with E-state index in [0.29, 0.717) is 11.3 Å². The molecule has 4 nitrogen and oxygen atoms in total. The molecule has 2 aromatic carbocycles. The molecule has 0 N–H and O–H groups in total. The van der Waals surface area contributed by atoms with Gasteiger partial charge in [0.15, 0.2) is 9.84 Å². The van der Waals surface area contributed by atoms with E-state index < -0.39 is 15.9 Å². The first-order valence-corrected chi connectivity index (χ1v) is 9.52. The van der Waals surface area contributed by atoms with E-state index >= 15 is 0 Å². The number of nitrogens with zero attached hydrogens (tertiary/aromatic N) is 1. The van der Waals surface area contributed by atoms with Gasteiger partial charge in [0.05, 0.1) is 11.8 Å². The van der Waals surface area contributed by atoms with Crippen LogP contribution in [-0.2, 0) is 9.84 Å². The van der Waals surface area contributed by atoms with E-state index in [9.17, 15) is 13.2 Å². The minimum absolute atomic E-state index is 0.0956. The van der Waals surface area contributed by atoms with Crippen molar-refractivity contribution in [2.24, 2.45) is 0 Å². The number of amides is 1. The zero-order valence-electron chi connectivity index (χ0n) is 12.1. The van der Waals surface area contributed by atoms with E-state index in [1.54, 1.807) is 42.5 Å². The summed E-state index contributed by atoms with van der Waals surface area (Å²) in [5, 5.41) is 1.18. The lowest BCUT2D eigenvalue weighted by atomic mass is 10.1. The fourth-order valence-corrected chi connectivity index (χ4v) is 4.03. The minimum atomic E-state index is -3.26. The Morgan fingerprint density at radius 2 is 1.70 bits per heavy atom. The van der Waals surface area contributed by atoms with Crippen molar-refractivity contribution >= 4 is 37.4 Å². The van der Waals surface area contributed by atoms with Crippen molar-refractivity contribution in [3.8, 4) is 0 Å². The van der Waals surface area contributed by atoms with Gasteiger partial charge in [0.1, 0.15) is 0 Å². The molecule has 0 radical (unpaired) electrons. The quantitative estimate of drug-likeness (QED) is 0.805. The van der Waals surface area contributed by atoms with Crippen molar-refractivity contribution in [3.63, 3.8) is 0 Å². The van der Waals surface area contributed by atoms with Gasteiger partial charge in [-0.05, 0) is 42.5 Å². The summed E-state index contributed by atoms with van der Waals surface area (Å²) < 4.78 is 24.4. The lowest BCUT2D eigenvalue weighted by Crippen LogP contribution is -2.41. The van der Waals surface area contributed by atoms with Crippen molar-refractivity contribution in [1.82, 2.24) is 0 Å². The van der Waals surface area contributed by atoms with E-state index in [-0.39, 0.29) is 11.7 Å². The van der Waals surface area contributed by atoms with E-state index in [0.717, 1.165) is 4.47 Å². The predicted molar refractivity (Wildman–Crippen MR) is 94.1 cm³/mol.